The van der Waals surface area contributed by atoms with Gasteiger partial charge in [0.2, 0.25) is 5.91 Å². The second-order valence-electron chi connectivity index (χ2n) is 3.42. The number of hydrogen-bond acceptors (Lipinski definition) is 3. The van der Waals surface area contributed by atoms with E-state index in [1.165, 1.54) is 11.8 Å². The van der Waals surface area contributed by atoms with Crippen LogP contribution in [0.2, 0.25) is 0 Å². The minimum absolute atomic E-state index is 0.00851. The lowest BCUT2D eigenvalue weighted by molar-refractivity contribution is -0.118. The van der Waals surface area contributed by atoms with E-state index in [1.54, 1.807) is 6.08 Å². The number of benzene rings is 1. The van der Waals surface area contributed by atoms with Crippen molar-refractivity contribution < 1.29 is 4.79 Å². The summed E-state index contributed by atoms with van der Waals surface area (Å²) in [5.41, 5.74) is 7.66. The minimum atomic E-state index is -0.00851. The molecule has 0 aromatic heterocycles. The van der Waals surface area contributed by atoms with E-state index in [2.05, 4.69) is 11.9 Å². The smallest absolute Gasteiger partial charge is 0.230 e. The van der Waals surface area contributed by atoms with Crippen LogP contribution < -0.4 is 11.1 Å². The first-order valence-electron chi connectivity index (χ1n) is 5.00. The Hall–Kier alpha value is -1.42. The number of nitrogens with one attached hydrogen (secondary N) is 1. The highest BCUT2D eigenvalue weighted by Crippen LogP contribution is 2.25. The number of aryl methyl sites for hydroxylation is 1. The number of carbonyl (C=O) groups excluding carboxylic acids is 1. The van der Waals surface area contributed by atoms with Gasteiger partial charge in [0.1, 0.15) is 0 Å². The van der Waals surface area contributed by atoms with Crippen LogP contribution in [-0.2, 0) is 4.79 Å². The number of carbonyl (C=O) groups is 1. The van der Waals surface area contributed by atoms with Gasteiger partial charge in [-0.1, -0.05) is 12.1 Å². The van der Waals surface area contributed by atoms with Gasteiger partial charge in [0.05, 0.1) is 5.75 Å². The predicted molar refractivity (Wildman–Crippen MR) is 69.5 cm³/mol. The van der Waals surface area contributed by atoms with E-state index in [0.29, 0.717) is 18.0 Å². The van der Waals surface area contributed by atoms with Gasteiger partial charge in [-0.3, -0.25) is 4.79 Å². The SMILES string of the molecule is C=CCNC(=O)CSc1cc(C)ccc1N. The number of thioether (sulfide) groups is 1. The summed E-state index contributed by atoms with van der Waals surface area (Å²) in [4.78, 5) is 12.3. The highest BCUT2D eigenvalue weighted by atomic mass is 32.2. The number of amides is 1. The molecule has 1 rings (SSSR count). The van der Waals surface area contributed by atoms with Crippen molar-refractivity contribution in [3.05, 3.63) is 36.4 Å². The summed E-state index contributed by atoms with van der Waals surface area (Å²) in [5, 5.41) is 2.72. The predicted octanol–water partition coefficient (Wildman–Crippen LogP) is 1.97. The maximum atomic E-state index is 11.4. The molecule has 1 aromatic rings. The standard InChI is InChI=1S/C12H16N2OS/c1-3-6-14-12(15)8-16-11-7-9(2)4-5-10(11)13/h3-5,7H,1,6,8,13H2,2H3,(H,14,15). The molecule has 0 saturated carbocycles. The fourth-order valence-corrected chi connectivity index (χ4v) is 2.04. The molecule has 0 heterocycles. The normalized spacial score (nSPS) is 9.81. The van der Waals surface area contributed by atoms with Crippen molar-refractivity contribution in [1.29, 1.82) is 0 Å². The first kappa shape index (κ1) is 12.6. The molecule has 0 unspecified atom stereocenters. The van der Waals surface area contributed by atoms with Crippen LogP contribution in [0.4, 0.5) is 5.69 Å². The molecule has 1 aromatic carbocycles. The summed E-state index contributed by atoms with van der Waals surface area (Å²) in [5.74, 6) is 0.368. The van der Waals surface area contributed by atoms with E-state index in [9.17, 15) is 4.79 Å². The van der Waals surface area contributed by atoms with Gasteiger partial charge in [0.25, 0.3) is 0 Å². The van der Waals surface area contributed by atoms with Gasteiger partial charge < -0.3 is 11.1 Å². The number of nitrogens with two attached hydrogens (primary N) is 1. The third kappa shape index (κ3) is 3.98. The quantitative estimate of drug-likeness (QED) is 0.467. The average molecular weight is 236 g/mol. The summed E-state index contributed by atoms with van der Waals surface area (Å²) < 4.78 is 0. The Bertz CT molecular complexity index is 391. The Balaban J connectivity index is 2.50. The fraction of sp³-hybridized carbons (Fsp3) is 0.250. The van der Waals surface area contributed by atoms with E-state index in [1.807, 2.05) is 25.1 Å². The Morgan fingerprint density at radius 2 is 2.38 bits per heavy atom. The Labute approximate surface area is 100 Å². The Morgan fingerprint density at radius 1 is 1.62 bits per heavy atom. The maximum absolute atomic E-state index is 11.4. The third-order valence-corrected chi connectivity index (χ3v) is 3.04. The Morgan fingerprint density at radius 3 is 3.06 bits per heavy atom. The van der Waals surface area contributed by atoms with E-state index < -0.39 is 0 Å². The minimum Gasteiger partial charge on any atom is -0.398 e. The van der Waals surface area contributed by atoms with Crippen LogP contribution in [0.3, 0.4) is 0 Å². The molecule has 0 aliphatic carbocycles. The molecule has 16 heavy (non-hydrogen) atoms. The van der Waals surface area contributed by atoms with Gasteiger partial charge in [-0.2, -0.15) is 0 Å². The fourth-order valence-electron chi connectivity index (χ4n) is 1.15. The van der Waals surface area contributed by atoms with Crippen molar-refractivity contribution in [1.82, 2.24) is 5.32 Å². The molecule has 0 bridgehead atoms. The number of nitrogen functional groups attached to an aromatic ring is 1. The van der Waals surface area contributed by atoms with Crippen LogP contribution in [0.15, 0.2) is 35.7 Å². The topological polar surface area (TPSA) is 55.1 Å². The zero-order valence-corrected chi connectivity index (χ0v) is 10.1. The van der Waals surface area contributed by atoms with E-state index >= 15 is 0 Å². The van der Waals surface area contributed by atoms with Crippen LogP contribution in [0, 0.1) is 6.92 Å². The first-order valence-corrected chi connectivity index (χ1v) is 5.98. The van der Waals surface area contributed by atoms with Gasteiger partial charge in [0, 0.05) is 17.1 Å². The van der Waals surface area contributed by atoms with Gasteiger partial charge in [0.15, 0.2) is 0 Å². The van der Waals surface area contributed by atoms with Crippen LogP contribution in [-0.4, -0.2) is 18.2 Å². The van der Waals surface area contributed by atoms with Crippen LogP contribution >= 0.6 is 11.8 Å². The summed E-state index contributed by atoms with van der Waals surface area (Å²) in [6.07, 6.45) is 1.66. The lowest BCUT2D eigenvalue weighted by atomic mass is 10.2. The van der Waals surface area contributed by atoms with Crippen molar-refractivity contribution in [2.75, 3.05) is 18.0 Å². The molecule has 0 atom stereocenters. The van der Waals surface area contributed by atoms with Crippen LogP contribution in [0.1, 0.15) is 5.56 Å². The highest BCUT2D eigenvalue weighted by molar-refractivity contribution is 8.00. The monoisotopic (exact) mass is 236 g/mol. The second-order valence-corrected chi connectivity index (χ2v) is 4.44. The average Bonchev–Trinajstić information content (AvgIpc) is 2.27. The molecular formula is C12H16N2OS. The molecule has 0 aliphatic rings. The molecule has 3 N–H and O–H groups in total. The number of rotatable bonds is 5. The van der Waals surface area contributed by atoms with Crippen molar-refractivity contribution in [2.24, 2.45) is 0 Å². The molecule has 4 heteroatoms. The van der Waals surface area contributed by atoms with Crippen molar-refractivity contribution in [3.8, 4) is 0 Å². The lowest BCUT2D eigenvalue weighted by Crippen LogP contribution is -2.24. The molecule has 0 radical (unpaired) electrons. The van der Waals surface area contributed by atoms with E-state index in [0.717, 1.165) is 10.5 Å². The molecule has 0 fully saturated rings. The molecule has 0 aliphatic heterocycles. The third-order valence-electron chi connectivity index (χ3n) is 1.97. The van der Waals surface area contributed by atoms with Crippen molar-refractivity contribution >= 4 is 23.4 Å². The zero-order valence-electron chi connectivity index (χ0n) is 9.32. The maximum Gasteiger partial charge on any atom is 0.230 e. The summed E-state index contributed by atoms with van der Waals surface area (Å²) >= 11 is 1.45. The van der Waals surface area contributed by atoms with Crippen molar-refractivity contribution in [3.63, 3.8) is 0 Å². The lowest BCUT2D eigenvalue weighted by Gasteiger charge is -2.06. The summed E-state index contributed by atoms with van der Waals surface area (Å²) in [6, 6.07) is 5.80. The van der Waals surface area contributed by atoms with Gasteiger partial charge in [-0.05, 0) is 24.6 Å². The van der Waals surface area contributed by atoms with Crippen molar-refractivity contribution in [2.45, 2.75) is 11.8 Å². The second kappa shape index (κ2) is 6.23. The highest BCUT2D eigenvalue weighted by Gasteiger charge is 2.04. The molecule has 86 valence electrons. The molecule has 3 nitrogen and oxygen atoms in total. The van der Waals surface area contributed by atoms with Gasteiger partial charge in [-0.25, -0.2) is 0 Å². The largest absolute Gasteiger partial charge is 0.398 e. The molecule has 0 spiro atoms. The first-order chi connectivity index (χ1) is 7.63. The van der Waals surface area contributed by atoms with Gasteiger partial charge in [-0.15, -0.1) is 18.3 Å². The van der Waals surface area contributed by atoms with Crippen LogP contribution in [0.5, 0.6) is 0 Å². The molecule has 1 amide bonds. The molecular weight excluding hydrogens is 220 g/mol. The van der Waals surface area contributed by atoms with E-state index in [4.69, 9.17) is 5.73 Å². The summed E-state index contributed by atoms with van der Waals surface area (Å²) in [6.45, 7) is 6.04. The van der Waals surface area contributed by atoms with Crippen LogP contribution in [0.25, 0.3) is 0 Å². The Kier molecular flexibility index (Phi) is 4.92. The zero-order chi connectivity index (χ0) is 12.0. The molecule has 0 saturated heterocycles. The summed E-state index contributed by atoms with van der Waals surface area (Å²) in [7, 11) is 0. The number of anilines is 1. The number of hydrogen-bond donors (Lipinski definition) is 2. The van der Waals surface area contributed by atoms with E-state index in [-0.39, 0.29) is 5.91 Å². The van der Waals surface area contributed by atoms with Gasteiger partial charge >= 0.3 is 0 Å².